The molecule has 1 aliphatic heterocycles. The molecule has 1 amide bonds. The zero-order chi connectivity index (χ0) is 21.4. The van der Waals surface area contributed by atoms with E-state index >= 15 is 0 Å². The van der Waals surface area contributed by atoms with Crippen LogP contribution in [0.15, 0.2) is 61.2 Å². The predicted molar refractivity (Wildman–Crippen MR) is 118 cm³/mol. The van der Waals surface area contributed by atoms with Crippen LogP contribution in [-0.4, -0.2) is 56.8 Å². The number of nitrogens with one attached hydrogen (secondary N) is 1. The Morgan fingerprint density at radius 3 is 2.74 bits per heavy atom. The number of anilines is 1. The lowest BCUT2D eigenvalue weighted by atomic mass is 10.0. The maximum Gasteiger partial charge on any atom is 0.257 e. The highest BCUT2D eigenvalue weighted by molar-refractivity contribution is 5.94. The summed E-state index contributed by atoms with van der Waals surface area (Å²) in [5, 5.41) is 8.58. The van der Waals surface area contributed by atoms with E-state index < -0.39 is 0 Å². The third-order valence-electron chi connectivity index (χ3n) is 5.44. The summed E-state index contributed by atoms with van der Waals surface area (Å²) in [4.78, 5) is 23.1. The number of amides is 1. The van der Waals surface area contributed by atoms with E-state index in [1.54, 1.807) is 31.2 Å². The fourth-order valence-electron chi connectivity index (χ4n) is 3.76. The molecule has 31 heavy (non-hydrogen) atoms. The molecule has 156 valence electrons. The van der Waals surface area contributed by atoms with E-state index in [9.17, 15) is 4.79 Å². The molecule has 1 aliphatic rings. The van der Waals surface area contributed by atoms with Gasteiger partial charge in [0.1, 0.15) is 0 Å². The van der Waals surface area contributed by atoms with E-state index in [4.69, 9.17) is 4.74 Å². The number of benzene rings is 1. The molecular weight excluding hydrogens is 392 g/mol. The number of rotatable bonds is 5. The van der Waals surface area contributed by atoms with E-state index in [1.165, 1.54) is 0 Å². The van der Waals surface area contributed by atoms with Crippen molar-refractivity contribution in [3.05, 3.63) is 66.7 Å². The Morgan fingerprint density at radius 1 is 1.10 bits per heavy atom. The summed E-state index contributed by atoms with van der Waals surface area (Å²) < 4.78 is 6.83. The number of hydrogen-bond donors (Lipinski definition) is 1. The molecule has 1 aromatic carbocycles. The summed E-state index contributed by atoms with van der Waals surface area (Å²) in [5.74, 6) is 0.615. The molecule has 5 rings (SSSR count). The van der Waals surface area contributed by atoms with Crippen LogP contribution in [-0.2, 0) is 7.05 Å². The van der Waals surface area contributed by atoms with Crippen molar-refractivity contribution in [3.63, 3.8) is 0 Å². The first-order chi connectivity index (χ1) is 15.1. The zero-order valence-electron chi connectivity index (χ0n) is 17.3. The highest BCUT2D eigenvalue weighted by Gasteiger charge is 2.31. The van der Waals surface area contributed by atoms with Crippen LogP contribution in [0.25, 0.3) is 22.0 Å². The van der Waals surface area contributed by atoms with Gasteiger partial charge in [-0.1, -0.05) is 6.07 Å². The molecule has 1 fully saturated rings. The topological polar surface area (TPSA) is 85.2 Å². The molecule has 0 spiro atoms. The summed E-state index contributed by atoms with van der Waals surface area (Å²) in [6.07, 6.45) is 7.00. The molecule has 0 radical (unpaired) electrons. The number of carbonyl (C=O) groups is 1. The van der Waals surface area contributed by atoms with Gasteiger partial charge in [-0.2, -0.15) is 5.10 Å². The number of ether oxygens (including phenoxy) is 1. The second-order valence-electron chi connectivity index (χ2n) is 7.68. The Labute approximate surface area is 179 Å². The van der Waals surface area contributed by atoms with E-state index in [0.717, 1.165) is 27.7 Å². The Hall–Kier alpha value is -3.94. The third-order valence-corrected chi connectivity index (χ3v) is 5.44. The van der Waals surface area contributed by atoms with Gasteiger partial charge in [-0.05, 0) is 29.8 Å². The number of pyridine rings is 2. The summed E-state index contributed by atoms with van der Waals surface area (Å²) in [6.45, 7) is 1.31. The summed E-state index contributed by atoms with van der Waals surface area (Å²) in [5.41, 5.74) is 4.53. The monoisotopic (exact) mass is 414 g/mol. The van der Waals surface area contributed by atoms with E-state index in [0.29, 0.717) is 24.5 Å². The van der Waals surface area contributed by atoms with E-state index in [2.05, 4.69) is 32.5 Å². The van der Waals surface area contributed by atoms with E-state index in [1.807, 2.05) is 41.6 Å². The Kier molecular flexibility index (Phi) is 4.74. The molecule has 0 aliphatic carbocycles. The van der Waals surface area contributed by atoms with Crippen LogP contribution >= 0.6 is 0 Å². The summed E-state index contributed by atoms with van der Waals surface area (Å²) in [6, 6.07) is 12.3. The average Bonchev–Trinajstić information content (AvgIpc) is 3.21. The number of hydrogen-bond acceptors (Lipinski definition) is 6. The lowest BCUT2D eigenvalue weighted by molar-refractivity contribution is 0.0625. The van der Waals surface area contributed by atoms with Gasteiger partial charge < -0.3 is 15.0 Å². The number of fused-ring (bicyclic) bond motifs is 1. The largest absolute Gasteiger partial charge is 0.481 e. The molecule has 0 unspecified atom stereocenters. The van der Waals surface area contributed by atoms with Crippen molar-refractivity contribution in [1.82, 2.24) is 24.6 Å². The highest BCUT2D eigenvalue weighted by atomic mass is 16.5. The van der Waals surface area contributed by atoms with E-state index in [-0.39, 0.29) is 11.9 Å². The van der Waals surface area contributed by atoms with Crippen LogP contribution in [0.2, 0.25) is 0 Å². The minimum Gasteiger partial charge on any atom is -0.481 e. The third kappa shape index (κ3) is 3.79. The van der Waals surface area contributed by atoms with Crippen molar-refractivity contribution in [2.75, 3.05) is 25.5 Å². The first-order valence-electron chi connectivity index (χ1n) is 10.0. The number of nitrogens with zero attached hydrogens (tertiary/aromatic N) is 5. The highest BCUT2D eigenvalue weighted by Crippen LogP contribution is 2.27. The number of aryl methyl sites for hydroxylation is 1. The van der Waals surface area contributed by atoms with Crippen molar-refractivity contribution in [2.45, 2.75) is 6.04 Å². The minimum absolute atomic E-state index is 0.0134. The van der Waals surface area contributed by atoms with Gasteiger partial charge >= 0.3 is 0 Å². The molecule has 4 heterocycles. The molecule has 3 aromatic heterocycles. The zero-order valence-corrected chi connectivity index (χ0v) is 17.3. The smallest absolute Gasteiger partial charge is 0.257 e. The maximum absolute atomic E-state index is 12.4. The lowest BCUT2D eigenvalue weighted by Crippen LogP contribution is -2.56. The molecular formula is C23H22N6O2. The summed E-state index contributed by atoms with van der Waals surface area (Å²) >= 11 is 0. The molecule has 8 nitrogen and oxygen atoms in total. The van der Waals surface area contributed by atoms with Gasteiger partial charge in [-0.25, -0.2) is 4.98 Å². The molecule has 8 heteroatoms. The predicted octanol–water partition coefficient (Wildman–Crippen LogP) is 2.98. The van der Waals surface area contributed by atoms with Crippen molar-refractivity contribution in [3.8, 4) is 17.0 Å². The lowest BCUT2D eigenvalue weighted by Gasteiger charge is -2.39. The van der Waals surface area contributed by atoms with Gasteiger partial charge in [0.05, 0.1) is 36.1 Å². The van der Waals surface area contributed by atoms with Crippen LogP contribution in [0, 0.1) is 0 Å². The molecule has 4 aromatic rings. The number of carbonyl (C=O) groups excluding carboxylic acids is 1. The van der Waals surface area contributed by atoms with Gasteiger partial charge in [0, 0.05) is 55.7 Å². The number of likely N-dealkylation sites (tertiary alicyclic amines) is 1. The maximum atomic E-state index is 12.4. The first-order valence-corrected chi connectivity index (χ1v) is 10.0. The second-order valence-corrected chi connectivity index (χ2v) is 7.68. The van der Waals surface area contributed by atoms with Crippen molar-refractivity contribution < 1.29 is 9.53 Å². The van der Waals surface area contributed by atoms with Crippen LogP contribution in [0.5, 0.6) is 5.88 Å². The average molecular weight is 414 g/mol. The van der Waals surface area contributed by atoms with Crippen LogP contribution in [0.3, 0.4) is 0 Å². The second kappa shape index (κ2) is 7.71. The standard InChI is InChI=1S/C23H22N6O2/c1-28-12-18(10-25-28)23(30)29-13-20(14-29)26-19-8-17(9-24-11-19)15-3-5-21-16(7-15)4-6-22(27-21)31-2/h3-12,20,26H,13-14H2,1-2H3. The van der Waals surface area contributed by atoms with Crippen LogP contribution in [0.4, 0.5) is 5.69 Å². The Morgan fingerprint density at radius 2 is 1.97 bits per heavy atom. The first kappa shape index (κ1) is 19.0. The normalized spacial score (nSPS) is 13.8. The van der Waals surface area contributed by atoms with Gasteiger partial charge in [0.15, 0.2) is 0 Å². The van der Waals surface area contributed by atoms with Gasteiger partial charge in [0.2, 0.25) is 5.88 Å². The van der Waals surface area contributed by atoms with Crippen molar-refractivity contribution in [2.24, 2.45) is 7.05 Å². The molecule has 1 N–H and O–H groups in total. The van der Waals surface area contributed by atoms with Gasteiger partial charge in [0.25, 0.3) is 5.91 Å². The quantitative estimate of drug-likeness (QED) is 0.540. The molecule has 0 bridgehead atoms. The SMILES string of the molecule is COc1ccc2cc(-c3cncc(NC4CN(C(=O)c5cnn(C)c5)C4)c3)ccc2n1. The van der Waals surface area contributed by atoms with Crippen molar-refractivity contribution in [1.29, 1.82) is 0 Å². The van der Waals surface area contributed by atoms with Gasteiger partial charge in [-0.3, -0.25) is 14.5 Å². The van der Waals surface area contributed by atoms with Gasteiger partial charge in [-0.15, -0.1) is 0 Å². The molecule has 1 saturated heterocycles. The summed E-state index contributed by atoms with van der Waals surface area (Å²) in [7, 11) is 3.42. The Bertz CT molecular complexity index is 1260. The number of methoxy groups -OCH3 is 1. The molecule has 0 saturated carbocycles. The fraction of sp³-hybridized carbons (Fsp3) is 0.217. The Balaban J connectivity index is 1.27. The minimum atomic E-state index is 0.0134. The van der Waals surface area contributed by atoms with Crippen LogP contribution in [0.1, 0.15) is 10.4 Å². The number of aromatic nitrogens is 4. The van der Waals surface area contributed by atoms with Crippen molar-refractivity contribution >= 4 is 22.5 Å². The van der Waals surface area contributed by atoms with Crippen LogP contribution < -0.4 is 10.1 Å². The fourth-order valence-corrected chi connectivity index (χ4v) is 3.76. The molecule has 0 atom stereocenters.